The van der Waals surface area contributed by atoms with E-state index >= 15 is 0 Å². The number of esters is 1. The average Bonchev–Trinajstić information content (AvgIpc) is 3.90. The fraction of sp³-hybridized carbons (Fsp3) is 0.562. The molecule has 0 amide bonds. The lowest BCUT2D eigenvalue weighted by Gasteiger charge is -2.39. The monoisotopic (exact) mass is 698 g/mol. The van der Waals surface area contributed by atoms with Crippen LogP contribution in [0.25, 0.3) is 6.08 Å². The Labute approximate surface area is 271 Å². The standard InChI is InChI=1S/C14H18O4.C10H16O3.C6H5BrO3.C2H4O2/c15-13(4-3-12-2-1-9-16-12)5-7-14(8-6-13)17-10-11-18-14;1-2-9(11)3-5-10(6-4-9)12-7-8-13-10;1-9-6(8)4-2-3-5(7)10-4;1-4-2-3/h1-4,9,15H,5-8,10-11H2;2,11H,1,3-8H2;2-3H,1H3;2H,1H3/b4-3+;;;. The van der Waals surface area contributed by atoms with Crippen molar-refractivity contribution >= 4 is 34.4 Å². The van der Waals surface area contributed by atoms with E-state index < -0.39 is 23.0 Å². The van der Waals surface area contributed by atoms with E-state index in [9.17, 15) is 15.0 Å². The molecule has 13 heteroatoms. The summed E-state index contributed by atoms with van der Waals surface area (Å²) in [5, 5.41) is 20.4. The van der Waals surface area contributed by atoms with Crippen molar-refractivity contribution < 1.29 is 57.1 Å². The Hall–Kier alpha value is -2.78. The predicted octanol–water partition coefficient (Wildman–Crippen LogP) is 5.18. The third-order valence-electron chi connectivity index (χ3n) is 7.92. The lowest BCUT2D eigenvalue weighted by molar-refractivity contribution is -0.196. The van der Waals surface area contributed by atoms with Gasteiger partial charge in [-0.2, -0.15) is 0 Å². The summed E-state index contributed by atoms with van der Waals surface area (Å²) in [6, 6.07) is 6.87. The fourth-order valence-corrected chi connectivity index (χ4v) is 5.52. The van der Waals surface area contributed by atoms with Crippen molar-refractivity contribution in [3.8, 4) is 0 Å². The fourth-order valence-electron chi connectivity index (χ4n) is 5.22. The van der Waals surface area contributed by atoms with Crippen LogP contribution < -0.4 is 0 Å². The SMILES string of the molecule is C=CC1(O)CCC2(CC1)OCCO2.COC(=O)c1ccc(Br)o1.COC=O.OC1(/C=C/c2ccco2)CCC2(CC1)OCCO2. The van der Waals surface area contributed by atoms with Gasteiger partial charge < -0.3 is 47.5 Å². The van der Waals surface area contributed by atoms with Gasteiger partial charge in [-0.15, -0.1) is 6.58 Å². The van der Waals surface area contributed by atoms with Gasteiger partial charge in [-0.05, 0) is 78.0 Å². The molecule has 2 saturated heterocycles. The first kappa shape index (κ1) is 36.7. The maximum absolute atomic E-state index is 10.7. The molecule has 0 aromatic carbocycles. The number of hydrogen-bond donors (Lipinski definition) is 2. The van der Waals surface area contributed by atoms with E-state index in [0.29, 0.717) is 63.3 Å². The Kier molecular flexibility index (Phi) is 14.0. The van der Waals surface area contributed by atoms with Gasteiger partial charge in [0.25, 0.3) is 6.47 Å². The lowest BCUT2D eigenvalue weighted by Crippen LogP contribution is -2.42. The van der Waals surface area contributed by atoms with Gasteiger partial charge in [0.2, 0.25) is 5.76 Å². The van der Waals surface area contributed by atoms with E-state index in [1.165, 1.54) is 20.3 Å². The van der Waals surface area contributed by atoms with E-state index in [2.05, 4.69) is 32.0 Å². The molecular formula is C32H43BrO12. The van der Waals surface area contributed by atoms with Crippen LogP contribution in [-0.2, 0) is 33.2 Å². The molecule has 4 fully saturated rings. The van der Waals surface area contributed by atoms with Crippen molar-refractivity contribution in [2.75, 3.05) is 40.6 Å². The van der Waals surface area contributed by atoms with Crippen molar-refractivity contribution in [2.24, 2.45) is 0 Å². The summed E-state index contributed by atoms with van der Waals surface area (Å²) >= 11 is 3.06. The van der Waals surface area contributed by atoms with Crippen molar-refractivity contribution in [2.45, 2.75) is 74.1 Å². The normalized spacial score (nSPS) is 23.9. The van der Waals surface area contributed by atoms with E-state index in [-0.39, 0.29) is 11.5 Å². The van der Waals surface area contributed by atoms with Crippen molar-refractivity contribution in [3.05, 3.63) is 65.4 Å². The maximum atomic E-state index is 10.7. The third-order valence-corrected chi connectivity index (χ3v) is 8.35. The van der Waals surface area contributed by atoms with Gasteiger partial charge >= 0.3 is 5.97 Å². The van der Waals surface area contributed by atoms with Crippen molar-refractivity contribution in [1.29, 1.82) is 0 Å². The Morgan fingerprint density at radius 3 is 1.76 bits per heavy atom. The minimum Gasteiger partial charge on any atom is -0.471 e. The van der Waals surface area contributed by atoms with Gasteiger partial charge in [-0.25, -0.2) is 4.79 Å². The molecule has 4 aliphatic rings. The van der Waals surface area contributed by atoms with Gasteiger partial charge in [-0.1, -0.05) is 6.08 Å². The van der Waals surface area contributed by atoms with Crippen LogP contribution >= 0.6 is 15.9 Å². The van der Waals surface area contributed by atoms with Gasteiger partial charge in [0.1, 0.15) is 5.76 Å². The highest BCUT2D eigenvalue weighted by molar-refractivity contribution is 9.10. The Bertz CT molecular complexity index is 1190. The number of ether oxygens (including phenoxy) is 6. The first-order valence-electron chi connectivity index (χ1n) is 14.7. The Morgan fingerprint density at radius 2 is 1.38 bits per heavy atom. The van der Waals surface area contributed by atoms with Crippen LogP contribution in [-0.4, -0.2) is 86.1 Å². The zero-order valence-electron chi connectivity index (χ0n) is 25.7. The maximum Gasteiger partial charge on any atom is 0.373 e. The topological polar surface area (TPSA) is 156 Å². The highest BCUT2D eigenvalue weighted by Crippen LogP contribution is 2.41. The minimum atomic E-state index is -0.770. The number of furan rings is 2. The summed E-state index contributed by atoms with van der Waals surface area (Å²) < 4.78 is 41.3. The molecule has 2 saturated carbocycles. The number of aliphatic hydroxyl groups is 2. The molecule has 250 valence electrons. The first-order valence-corrected chi connectivity index (χ1v) is 15.5. The van der Waals surface area contributed by atoms with E-state index in [1.807, 2.05) is 24.3 Å². The molecule has 0 unspecified atom stereocenters. The van der Waals surface area contributed by atoms with Gasteiger partial charge in [0, 0.05) is 25.7 Å². The van der Waals surface area contributed by atoms with Crippen LogP contribution in [0.2, 0.25) is 0 Å². The highest BCUT2D eigenvalue weighted by atomic mass is 79.9. The van der Waals surface area contributed by atoms with Gasteiger partial charge in [-0.3, -0.25) is 4.79 Å². The molecular weight excluding hydrogens is 656 g/mol. The number of rotatable bonds is 5. The molecule has 0 atom stereocenters. The molecule has 2 N–H and O–H groups in total. The van der Waals surface area contributed by atoms with E-state index in [0.717, 1.165) is 31.4 Å². The second-order valence-electron chi connectivity index (χ2n) is 10.9. The number of carbonyl (C=O) groups is 2. The van der Waals surface area contributed by atoms with Crippen LogP contribution in [0.5, 0.6) is 0 Å². The lowest BCUT2D eigenvalue weighted by atomic mass is 9.81. The molecule has 6 rings (SSSR count). The van der Waals surface area contributed by atoms with Crippen LogP contribution in [0.4, 0.5) is 0 Å². The summed E-state index contributed by atoms with van der Waals surface area (Å²) in [6.07, 6.45) is 12.6. The second kappa shape index (κ2) is 17.2. The summed E-state index contributed by atoms with van der Waals surface area (Å²) in [5.41, 5.74) is -1.46. The Morgan fingerprint density at radius 1 is 0.867 bits per heavy atom. The van der Waals surface area contributed by atoms with Crippen molar-refractivity contribution in [3.63, 3.8) is 0 Å². The van der Waals surface area contributed by atoms with Crippen LogP contribution in [0.1, 0.15) is 67.7 Å². The average molecular weight is 700 g/mol. The zero-order chi connectivity index (χ0) is 32.8. The Balaban J connectivity index is 0.000000181. The summed E-state index contributed by atoms with van der Waals surface area (Å²) in [4.78, 5) is 19.6. The number of methoxy groups -OCH3 is 2. The third kappa shape index (κ3) is 11.2. The molecule has 2 spiro atoms. The number of carbonyl (C=O) groups excluding carboxylic acids is 2. The smallest absolute Gasteiger partial charge is 0.373 e. The van der Waals surface area contributed by atoms with Gasteiger partial charge in [0.15, 0.2) is 16.2 Å². The largest absolute Gasteiger partial charge is 0.471 e. The number of halogens is 1. The quantitative estimate of drug-likeness (QED) is 0.240. The molecule has 4 heterocycles. The molecule has 2 aliphatic carbocycles. The van der Waals surface area contributed by atoms with E-state index in [1.54, 1.807) is 18.4 Å². The van der Waals surface area contributed by atoms with E-state index in [4.69, 9.17) is 32.6 Å². The summed E-state index contributed by atoms with van der Waals surface area (Å²) in [7, 11) is 2.62. The predicted molar refractivity (Wildman–Crippen MR) is 165 cm³/mol. The summed E-state index contributed by atoms with van der Waals surface area (Å²) in [6.45, 7) is 6.72. The first-order chi connectivity index (χ1) is 21.5. The summed E-state index contributed by atoms with van der Waals surface area (Å²) in [5.74, 6) is -0.308. The number of hydrogen-bond acceptors (Lipinski definition) is 12. The highest BCUT2D eigenvalue weighted by Gasteiger charge is 2.45. The molecule has 0 bridgehead atoms. The van der Waals surface area contributed by atoms with Crippen LogP contribution in [0, 0.1) is 0 Å². The zero-order valence-corrected chi connectivity index (χ0v) is 27.3. The second-order valence-corrected chi connectivity index (χ2v) is 11.7. The molecule has 2 aliphatic heterocycles. The molecule has 0 radical (unpaired) electrons. The molecule has 45 heavy (non-hydrogen) atoms. The van der Waals surface area contributed by atoms with Crippen LogP contribution in [0.3, 0.4) is 0 Å². The minimum absolute atomic E-state index is 0.203. The van der Waals surface area contributed by atoms with Crippen molar-refractivity contribution in [1.82, 2.24) is 0 Å². The van der Waals surface area contributed by atoms with Crippen LogP contribution in [0.15, 0.2) is 62.8 Å². The molecule has 2 aromatic rings. The van der Waals surface area contributed by atoms with Gasteiger partial charge in [0.05, 0.1) is 58.1 Å². The molecule has 12 nitrogen and oxygen atoms in total. The molecule has 2 aromatic heterocycles.